The summed E-state index contributed by atoms with van der Waals surface area (Å²) in [5, 5.41) is 3.46. The van der Waals surface area contributed by atoms with Gasteiger partial charge in [-0.3, -0.25) is 4.79 Å². The van der Waals surface area contributed by atoms with E-state index in [4.69, 9.17) is 4.74 Å². The molecule has 1 atom stereocenters. The smallest absolute Gasteiger partial charge is 0.167 e. The third kappa shape index (κ3) is 3.14. The van der Waals surface area contributed by atoms with Crippen LogP contribution in [0.2, 0.25) is 0 Å². The SMILES string of the molecule is CC(C)COc1cccc(C2CC(=O)c3ccccc3N2)c1. The molecule has 0 radical (unpaired) electrons. The molecular weight excluding hydrogens is 274 g/mol. The first kappa shape index (κ1) is 14.6. The van der Waals surface area contributed by atoms with Crippen LogP contribution in [-0.2, 0) is 0 Å². The van der Waals surface area contributed by atoms with E-state index in [1.165, 1.54) is 0 Å². The number of ether oxygens (including phenoxy) is 1. The summed E-state index contributed by atoms with van der Waals surface area (Å²) in [5.41, 5.74) is 2.78. The lowest BCUT2D eigenvalue weighted by atomic mass is 9.92. The van der Waals surface area contributed by atoms with E-state index in [2.05, 4.69) is 19.2 Å². The van der Waals surface area contributed by atoms with Crippen LogP contribution in [0.15, 0.2) is 48.5 Å². The maximum Gasteiger partial charge on any atom is 0.167 e. The molecule has 1 aliphatic rings. The highest BCUT2D eigenvalue weighted by Crippen LogP contribution is 2.33. The third-order valence-electron chi connectivity index (χ3n) is 3.79. The molecule has 3 rings (SSSR count). The lowest BCUT2D eigenvalue weighted by molar-refractivity contribution is 0.0972. The second kappa shape index (κ2) is 6.22. The minimum Gasteiger partial charge on any atom is -0.493 e. The molecule has 22 heavy (non-hydrogen) atoms. The van der Waals surface area contributed by atoms with Crippen LogP contribution in [0, 0.1) is 5.92 Å². The second-order valence-electron chi connectivity index (χ2n) is 6.15. The van der Waals surface area contributed by atoms with Gasteiger partial charge in [0.1, 0.15) is 5.75 Å². The van der Waals surface area contributed by atoms with Gasteiger partial charge in [-0.25, -0.2) is 0 Å². The monoisotopic (exact) mass is 295 g/mol. The fourth-order valence-electron chi connectivity index (χ4n) is 2.67. The fraction of sp³-hybridized carbons (Fsp3) is 0.316. The molecule has 114 valence electrons. The summed E-state index contributed by atoms with van der Waals surface area (Å²) in [7, 11) is 0. The van der Waals surface area contributed by atoms with Gasteiger partial charge in [-0.1, -0.05) is 38.1 Å². The molecule has 0 amide bonds. The number of benzene rings is 2. The van der Waals surface area contributed by atoms with Gasteiger partial charge in [0.25, 0.3) is 0 Å². The van der Waals surface area contributed by atoms with Gasteiger partial charge < -0.3 is 10.1 Å². The van der Waals surface area contributed by atoms with Gasteiger partial charge >= 0.3 is 0 Å². The summed E-state index contributed by atoms with van der Waals surface area (Å²) in [5.74, 6) is 1.54. The van der Waals surface area contributed by atoms with Crippen molar-refractivity contribution in [1.29, 1.82) is 0 Å². The van der Waals surface area contributed by atoms with Crippen molar-refractivity contribution in [1.82, 2.24) is 0 Å². The molecule has 0 bridgehead atoms. The van der Waals surface area contributed by atoms with Gasteiger partial charge in [-0.15, -0.1) is 0 Å². The van der Waals surface area contributed by atoms with Crippen LogP contribution >= 0.6 is 0 Å². The van der Waals surface area contributed by atoms with Gasteiger partial charge in [-0.2, -0.15) is 0 Å². The van der Waals surface area contributed by atoms with E-state index in [0.29, 0.717) is 18.9 Å². The van der Waals surface area contributed by atoms with Gasteiger partial charge in [-0.05, 0) is 35.7 Å². The van der Waals surface area contributed by atoms with E-state index in [0.717, 1.165) is 22.6 Å². The number of rotatable bonds is 4. The molecule has 3 nitrogen and oxygen atoms in total. The Hall–Kier alpha value is -2.29. The van der Waals surface area contributed by atoms with Crippen molar-refractivity contribution in [3.05, 3.63) is 59.7 Å². The Bertz CT molecular complexity index is 679. The molecule has 2 aromatic carbocycles. The van der Waals surface area contributed by atoms with Crippen molar-refractivity contribution < 1.29 is 9.53 Å². The highest BCUT2D eigenvalue weighted by Gasteiger charge is 2.25. The van der Waals surface area contributed by atoms with Crippen molar-refractivity contribution in [3.8, 4) is 5.75 Å². The summed E-state index contributed by atoms with van der Waals surface area (Å²) in [6, 6.07) is 15.7. The molecule has 0 saturated heterocycles. The van der Waals surface area contributed by atoms with E-state index in [1.807, 2.05) is 48.5 Å². The van der Waals surface area contributed by atoms with Crippen LogP contribution in [0.1, 0.15) is 42.2 Å². The molecule has 0 aliphatic carbocycles. The topological polar surface area (TPSA) is 38.3 Å². The van der Waals surface area contributed by atoms with Crippen LogP contribution in [0.4, 0.5) is 5.69 Å². The van der Waals surface area contributed by atoms with Crippen LogP contribution in [0.25, 0.3) is 0 Å². The van der Waals surface area contributed by atoms with E-state index in [-0.39, 0.29) is 11.8 Å². The zero-order chi connectivity index (χ0) is 15.5. The summed E-state index contributed by atoms with van der Waals surface area (Å²) >= 11 is 0. The van der Waals surface area contributed by atoms with Crippen molar-refractivity contribution in [2.45, 2.75) is 26.3 Å². The molecule has 1 unspecified atom stereocenters. The third-order valence-corrected chi connectivity index (χ3v) is 3.79. The highest BCUT2D eigenvalue weighted by atomic mass is 16.5. The minimum absolute atomic E-state index is 0.00463. The number of ketones is 1. The Balaban J connectivity index is 1.81. The molecule has 3 heteroatoms. The Morgan fingerprint density at radius 2 is 2.00 bits per heavy atom. The Morgan fingerprint density at radius 3 is 2.82 bits per heavy atom. The normalized spacial score (nSPS) is 17.0. The predicted octanol–water partition coefficient (Wildman–Crippen LogP) is 4.46. The quantitative estimate of drug-likeness (QED) is 0.905. The molecule has 0 spiro atoms. The maximum absolute atomic E-state index is 12.3. The minimum atomic E-state index is 0.00463. The van der Waals surface area contributed by atoms with E-state index in [1.54, 1.807) is 0 Å². The number of fused-ring (bicyclic) bond motifs is 1. The lowest BCUT2D eigenvalue weighted by Gasteiger charge is -2.26. The summed E-state index contributed by atoms with van der Waals surface area (Å²) in [6.45, 7) is 4.95. The largest absolute Gasteiger partial charge is 0.493 e. The van der Waals surface area contributed by atoms with Crippen LogP contribution < -0.4 is 10.1 Å². The molecule has 0 saturated carbocycles. The Labute approximate surface area is 131 Å². The summed E-state index contributed by atoms with van der Waals surface area (Å²) in [6.07, 6.45) is 0.477. The fourth-order valence-corrected chi connectivity index (χ4v) is 2.67. The number of anilines is 1. The second-order valence-corrected chi connectivity index (χ2v) is 6.15. The van der Waals surface area contributed by atoms with Gasteiger partial charge in [0.2, 0.25) is 0 Å². The Morgan fingerprint density at radius 1 is 1.18 bits per heavy atom. The van der Waals surface area contributed by atoms with Crippen molar-refractivity contribution in [2.75, 3.05) is 11.9 Å². The first-order chi connectivity index (χ1) is 10.6. The first-order valence-corrected chi connectivity index (χ1v) is 7.75. The van der Waals surface area contributed by atoms with Crippen LogP contribution in [0.3, 0.4) is 0 Å². The molecule has 0 aromatic heterocycles. The van der Waals surface area contributed by atoms with Crippen molar-refractivity contribution in [3.63, 3.8) is 0 Å². The number of para-hydroxylation sites is 1. The summed E-state index contributed by atoms with van der Waals surface area (Å²) in [4.78, 5) is 12.3. The zero-order valence-electron chi connectivity index (χ0n) is 13.0. The zero-order valence-corrected chi connectivity index (χ0v) is 13.0. The standard InChI is InChI=1S/C19H21NO2/c1-13(2)12-22-15-7-5-6-14(10-15)18-11-19(21)16-8-3-4-9-17(16)20-18/h3-10,13,18,20H,11-12H2,1-2H3. The number of hydrogen-bond acceptors (Lipinski definition) is 3. The number of carbonyl (C=O) groups is 1. The first-order valence-electron chi connectivity index (χ1n) is 7.75. The molecule has 1 heterocycles. The average Bonchev–Trinajstić information content (AvgIpc) is 2.53. The number of Topliss-reactive ketones (excluding diaryl/α,β-unsaturated/α-hetero) is 1. The number of hydrogen-bond donors (Lipinski definition) is 1. The molecule has 0 fully saturated rings. The van der Waals surface area contributed by atoms with Gasteiger partial charge in [0.05, 0.1) is 12.6 Å². The predicted molar refractivity (Wildman–Crippen MR) is 88.5 cm³/mol. The Kier molecular flexibility index (Phi) is 4.14. The number of nitrogens with one attached hydrogen (secondary N) is 1. The van der Waals surface area contributed by atoms with Crippen LogP contribution in [-0.4, -0.2) is 12.4 Å². The van der Waals surface area contributed by atoms with Crippen LogP contribution in [0.5, 0.6) is 5.75 Å². The maximum atomic E-state index is 12.3. The molecular formula is C19H21NO2. The van der Waals surface area contributed by atoms with Crippen molar-refractivity contribution >= 4 is 11.5 Å². The summed E-state index contributed by atoms with van der Waals surface area (Å²) < 4.78 is 5.78. The molecule has 2 aromatic rings. The number of carbonyl (C=O) groups excluding carboxylic acids is 1. The molecule has 1 aliphatic heterocycles. The lowest BCUT2D eigenvalue weighted by Crippen LogP contribution is -2.22. The average molecular weight is 295 g/mol. The van der Waals surface area contributed by atoms with E-state index < -0.39 is 0 Å². The van der Waals surface area contributed by atoms with Gasteiger partial charge in [0, 0.05) is 17.7 Å². The molecule has 1 N–H and O–H groups in total. The van der Waals surface area contributed by atoms with Gasteiger partial charge in [0.15, 0.2) is 5.78 Å². The van der Waals surface area contributed by atoms with Crippen molar-refractivity contribution in [2.24, 2.45) is 5.92 Å². The van der Waals surface area contributed by atoms with E-state index >= 15 is 0 Å². The highest BCUT2D eigenvalue weighted by molar-refractivity contribution is 6.03. The van der Waals surface area contributed by atoms with E-state index in [9.17, 15) is 4.79 Å².